The predicted octanol–water partition coefficient (Wildman–Crippen LogP) is 3.53. The molecule has 0 bridgehead atoms. The molecule has 1 aromatic carbocycles. The highest BCUT2D eigenvalue weighted by molar-refractivity contribution is 6.40. The summed E-state index contributed by atoms with van der Waals surface area (Å²) in [5.74, 6) is 0.123. The summed E-state index contributed by atoms with van der Waals surface area (Å²) >= 11 is 6.32. The van der Waals surface area contributed by atoms with Crippen LogP contribution in [0.2, 0.25) is 5.02 Å². The van der Waals surface area contributed by atoms with Crippen molar-refractivity contribution >= 4 is 39.5 Å². The Morgan fingerprint density at radius 2 is 1.75 bits per heavy atom. The van der Waals surface area contributed by atoms with Crippen molar-refractivity contribution in [1.29, 1.82) is 0 Å². The van der Waals surface area contributed by atoms with Gasteiger partial charge >= 0.3 is 5.97 Å². The number of carbonyl (C=O) groups is 1. The first-order valence-corrected chi connectivity index (χ1v) is 6.38. The number of rotatable bonds is 2. The number of carboxylic acids is 1. The second-order valence-electron chi connectivity index (χ2n) is 4.74. The molecule has 0 aliphatic heterocycles. The van der Waals surface area contributed by atoms with E-state index in [1.807, 2.05) is 0 Å². The van der Waals surface area contributed by atoms with Gasteiger partial charge in [0.2, 0.25) is 0 Å². The van der Waals surface area contributed by atoms with Crippen molar-refractivity contribution in [3.05, 3.63) is 34.2 Å². The van der Waals surface area contributed by atoms with Gasteiger partial charge in [0.15, 0.2) is 5.58 Å². The molecule has 6 heteroatoms. The van der Waals surface area contributed by atoms with E-state index in [4.69, 9.17) is 26.2 Å². The summed E-state index contributed by atoms with van der Waals surface area (Å²) in [6, 6.07) is 2.25. The van der Waals surface area contributed by atoms with Crippen LogP contribution in [0.15, 0.2) is 21.0 Å². The minimum Gasteiger partial charge on any atom is -0.480 e. The SMILES string of the molecule is Cc1cc2c(C(N)C(=O)O)c3oc(C)cc3c(Cl)c2o1. The molecule has 0 spiro atoms. The van der Waals surface area contributed by atoms with Crippen LogP contribution >= 0.6 is 11.6 Å². The van der Waals surface area contributed by atoms with Crippen LogP contribution in [0.1, 0.15) is 23.1 Å². The van der Waals surface area contributed by atoms with Crippen molar-refractivity contribution in [3.8, 4) is 0 Å². The van der Waals surface area contributed by atoms with E-state index >= 15 is 0 Å². The fourth-order valence-corrected chi connectivity index (χ4v) is 2.71. The van der Waals surface area contributed by atoms with Crippen molar-refractivity contribution in [1.82, 2.24) is 0 Å². The fraction of sp³-hybridized carbons (Fsp3) is 0.214. The van der Waals surface area contributed by atoms with E-state index in [0.29, 0.717) is 44.0 Å². The van der Waals surface area contributed by atoms with Crippen LogP contribution in [0.5, 0.6) is 0 Å². The van der Waals surface area contributed by atoms with Gasteiger partial charge in [0.05, 0.1) is 5.02 Å². The van der Waals surface area contributed by atoms with Crippen LogP contribution in [-0.2, 0) is 4.79 Å². The van der Waals surface area contributed by atoms with E-state index < -0.39 is 12.0 Å². The van der Waals surface area contributed by atoms with E-state index in [9.17, 15) is 9.90 Å². The zero-order valence-electron chi connectivity index (χ0n) is 10.9. The third-order valence-corrected chi connectivity index (χ3v) is 3.63. The molecule has 0 amide bonds. The summed E-state index contributed by atoms with van der Waals surface area (Å²) in [5, 5.41) is 10.8. The van der Waals surface area contributed by atoms with Crippen LogP contribution in [0.3, 0.4) is 0 Å². The number of aliphatic carboxylic acids is 1. The van der Waals surface area contributed by atoms with Crippen molar-refractivity contribution in [2.75, 3.05) is 0 Å². The smallest absolute Gasteiger partial charge is 0.325 e. The minimum atomic E-state index is -1.21. The Bertz CT molecular complexity index is 788. The number of carboxylic acid groups (broad SMARTS) is 1. The number of hydrogen-bond acceptors (Lipinski definition) is 4. The Morgan fingerprint density at radius 1 is 1.20 bits per heavy atom. The molecule has 3 N–H and O–H groups in total. The monoisotopic (exact) mass is 293 g/mol. The molecule has 0 fully saturated rings. The average molecular weight is 294 g/mol. The maximum atomic E-state index is 11.3. The van der Waals surface area contributed by atoms with E-state index in [0.717, 1.165) is 0 Å². The number of aryl methyl sites for hydroxylation is 2. The van der Waals surface area contributed by atoms with Crippen molar-refractivity contribution in [2.24, 2.45) is 5.73 Å². The van der Waals surface area contributed by atoms with Gasteiger partial charge in [-0.15, -0.1) is 0 Å². The second kappa shape index (κ2) is 4.26. The zero-order valence-corrected chi connectivity index (χ0v) is 11.6. The molecule has 2 heterocycles. The number of halogens is 1. The maximum Gasteiger partial charge on any atom is 0.325 e. The molecule has 5 nitrogen and oxygen atoms in total. The minimum absolute atomic E-state index is 0.386. The first kappa shape index (κ1) is 13.0. The highest BCUT2D eigenvalue weighted by atomic mass is 35.5. The van der Waals surface area contributed by atoms with Gasteiger partial charge in [-0.25, -0.2) is 0 Å². The van der Waals surface area contributed by atoms with Crippen LogP contribution in [0.4, 0.5) is 0 Å². The molecular weight excluding hydrogens is 282 g/mol. The molecule has 0 aliphatic rings. The summed E-state index contributed by atoms with van der Waals surface area (Å²) in [6.07, 6.45) is 0. The van der Waals surface area contributed by atoms with Crippen LogP contribution in [0, 0.1) is 13.8 Å². The van der Waals surface area contributed by atoms with Gasteiger partial charge in [0.25, 0.3) is 0 Å². The van der Waals surface area contributed by atoms with Crippen LogP contribution in [-0.4, -0.2) is 11.1 Å². The number of nitrogens with two attached hydrogens (primary N) is 1. The van der Waals surface area contributed by atoms with Gasteiger partial charge in [-0.3, -0.25) is 4.79 Å². The van der Waals surface area contributed by atoms with Gasteiger partial charge in [-0.2, -0.15) is 0 Å². The van der Waals surface area contributed by atoms with Gasteiger partial charge in [0.1, 0.15) is 23.1 Å². The third-order valence-electron chi connectivity index (χ3n) is 3.26. The molecule has 1 atom stereocenters. The number of benzene rings is 1. The molecule has 1 unspecified atom stereocenters. The highest BCUT2D eigenvalue weighted by Gasteiger charge is 2.26. The lowest BCUT2D eigenvalue weighted by Gasteiger charge is -2.09. The third kappa shape index (κ3) is 1.71. The standard InChI is InChI=1S/C14H12ClNO4/c1-5-3-7-9(11(16)14(17)18)12-8(4-6(2)19-12)10(15)13(7)20-5/h3-4,11H,16H2,1-2H3,(H,17,18). The Balaban J connectivity index is 2.54. The molecule has 0 aliphatic carbocycles. The first-order valence-electron chi connectivity index (χ1n) is 6.00. The van der Waals surface area contributed by atoms with Crippen LogP contribution < -0.4 is 5.73 Å². The maximum absolute atomic E-state index is 11.3. The first-order chi connectivity index (χ1) is 9.40. The molecular formula is C14H12ClNO4. The Labute approximate surface area is 118 Å². The number of fused-ring (bicyclic) bond motifs is 2. The van der Waals surface area contributed by atoms with Gasteiger partial charge in [-0.1, -0.05) is 11.6 Å². The van der Waals surface area contributed by atoms with Crippen molar-refractivity contribution in [2.45, 2.75) is 19.9 Å². The second-order valence-corrected chi connectivity index (χ2v) is 5.12. The molecule has 20 heavy (non-hydrogen) atoms. The Morgan fingerprint density at radius 3 is 2.35 bits per heavy atom. The highest BCUT2D eigenvalue weighted by Crippen LogP contribution is 2.41. The number of hydrogen-bond donors (Lipinski definition) is 2. The summed E-state index contributed by atoms with van der Waals surface area (Å²) in [6.45, 7) is 3.53. The largest absolute Gasteiger partial charge is 0.480 e. The topological polar surface area (TPSA) is 89.6 Å². The Hall–Kier alpha value is -1.98. The number of furan rings is 2. The lowest BCUT2D eigenvalue weighted by Crippen LogP contribution is -2.21. The summed E-state index contributed by atoms with van der Waals surface area (Å²) in [4.78, 5) is 11.3. The zero-order chi connectivity index (χ0) is 14.6. The summed E-state index contributed by atoms with van der Waals surface area (Å²) in [5.41, 5.74) is 7.01. The quantitative estimate of drug-likeness (QED) is 0.754. The van der Waals surface area contributed by atoms with Crippen molar-refractivity contribution < 1.29 is 18.7 Å². The average Bonchev–Trinajstić information content (AvgIpc) is 2.92. The molecule has 3 rings (SSSR count). The summed E-state index contributed by atoms with van der Waals surface area (Å²) < 4.78 is 11.2. The predicted molar refractivity (Wildman–Crippen MR) is 75.0 cm³/mol. The molecule has 0 saturated carbocycles. The van der Waals surface area contributed by atoms with Crippen LogP contribution in [0.25, 0.3) is 21.9 Å². The lowest BCUT2D eigenvalue weighted by atomic mass is 10.0. The van der Waals surface area contributed by atoms with Gasteiger partial charge in [-0.05, 0) is 26.0 Å². The van der Waals surface area contributed by atoms with E-state index in [-0.39, 0.29) is 0 Å². The molecule has 0 saturated heterocycles. The lowest BCUT2D eigenvalue weighted by molar-refractivity contribution is -0.138. The molecule has 2 aromatic heterocycles. The van der Waals surface area contributed by atoms with E-state index in [2.05, 4.69) is 0 Å². The van der Waals surface area contributed by atoms with E-state index in [1.165, 1.54) is 0 Å². The fourth-order valence-electron chi connectivity index (χ4n) is 2.43. The van der Waals surface area contributed by atoms with Crippen molar-refractivity contribution in [3.63, 3.8) is 0 Å². The molecule has 104 valence electrons. The van der Waals surface area contributed by atoms with Gasteiger partial charge in [0, 0.05) is 16.3 Å². The van der Waals surface area contributed by atoms with Gasteiger partial charge < -0.3 is 19.7 Å². The van der Waals surface area contributed by atoms with E-state index in [1.54, 1.807) is 26.0 Å². The Kier molecular flexibility index (Phi) is 2.77. The molecule has 3 aromatic rings. The normalized spacial score (nSPS) is 13.2. The summed E-state index contributed by atoms with van der Waals surface area (Å²) in [7, 11) is 0. The molecule has 0 radical (unpaired) electrons.